The Kier molecular flexibility index (Phi) is 7.04. The lowest BCUT2D eigenvalue weighted by Gasteiger charge is -2.36. The lowest BCUT2D eigenvalue weighted by Crippen LogP contribution is -2.40. The van der Waals surface area contributed by atoms with E-state index in [-0.39, 0.29) is 5.91 Å². The van der Waals surface area contributed by atoms with Crippen molar-refractivity contribution in [1.82, 2.24) is 14.7 Å². The SMILES string of the molecule is C=C(C)CC[C@H](C)N1CCC(n2nccc2NC(=O)Cc2ccccc2)CC1. The summed E-state index contributed by atoms with van der Waals surface area (Å²) in [4.78, 5) is 15.0. The van der Waals surface area contributed by atoms with Crippen LogP contribution in [0.4, 0.5) is 5.82 Å². The van der Waals surface area contributed by atoms with Crippen molar-refractivity contribution in [3.05, 3.63) is 60.3 Å². The number of carbonyl (C=O) groups is 1. The standard InChI is InChI=1S/C23H32N4O/c1-18(2)9-10-19(3)26-15-12-21(13-16-26)27-22(11-14-24-27)25-23(28)17-20-7-5-4-6-8-20/h4-8,11,14,19,21H,1,9-10,12-13,15-17H2,2-3H3,(H,25,28)/t19-/m0/s1. The number of carbonyl (C=O) groups excluding carboxylic acids is 1. The first-order valence-electron chi connectivity index (χ1n) is 10.3. The molecule has 2 heterocycles. The maximum absolute atomic E-state index is 12.4. The molecule has 28 heavy (non-hydrogen) atoms. The number of allylic oxidation sites excluding steroid dienone is 1. The summed E-state index contributed by atoms with van der Waals surface area (Å²) in [5, 5.41) is 7.54. The van der Waals surface area contributed by atoms with E-state index in [1.54, 1.807) is 6.20 Å². The van der Waals surface area contributed by atoms with Gasteiger partial charge in [0.15, 0.2) is 0 Å². The molecular weight excluding hydrogens is 348 g/mol. The molecule has 1 aliphatic rings. The highest BCUT2D eigenvalue weighted by atomic mass is 16.1. The van der Waals surface area contributed by atoms with E-state index in [2.05, 4.69) is 35.7 Å². The van der Waals surface area contributed by atoms with Gasteiger partial charge in [-0.05, 0) is 45.1 Å². The van der Waals surface area contributed by atoms with Gasteiger partial charge in [-0.2, -0.15) is 5.10 Å². The van der Waals surface area contributed by atoms with Gasteiger partial charge in [-0.1, -0.05) is 35.9 Å². The van der Waals surface area contributed by atoms with Gasteiger partial charge in [0, 0.05) is 25.2 Å². The minimum absolute atomic E-state index is 0.00111. The second kappa shape index (κ2) is 9.69. The van der Waals surface area contributed by atoms with Gasteiger partial charge >= 0.3 is 0 Å². The third-order valence-corrected chi connectivity index (χ3v) is 5.60. The Hall–Kier alpha value is -2.40. The maximum Gasteiger partial charge on any atom is 0.229 e. The highest BCUT2D eigenvalue weighted by molar-refractivity contribution is 5.91. The van der Waals surface area contributed by atoms with Crippen LogP contribution in [-0.2, 0) is 11.2 Å². The van der Waals surface area contributed by atoms with Crippen molar-refractivity contribution in [2.24, 2.45) is 0 Å². The molecule has 150 valence electrons. The lowest BCUT2D eigenvalue weighted by molar-refractivity contribution is -0.115. The number of likely N-dealkylation sites (tertiary alicyclic amines) is 1. The zero-order chi connectivity index (χ0) is 19.9. The van der Waals surface area contributed by atoms with Gasteiger partial charge in [0.1, 0.15) is 5.82 Å². The molecule has 1 atom stereocenters. The fraction of sp³-hybridized carbons (Fsp3) is 0.478. The molecule has 0 radical (unpaired) electrons. The van der Waals surface area contributed by atoms with Crippen LogP contribution in [-0.4, -0.2) is 39.7 Å². The smallest absolute Gasteiger partial charge is 0.229 e. The second-order valence-corrected chi connectivity index (χ2v) is 7.98. The molecule has 2 aromatic rings. The van der Waals surface area contributed by atoms with Crippen molar-refractivity contribution in [3.63, 3.8) is 0 Å². The average Bonchev–Trinajstić information content (AvgIpc) is 3.15. The molecule has 0 bridgehead atoms. The summed E-state index contributed by atoms with van der Waals surface area (Å²) in [6, 6.07) is 12.6. The predicted octanol–water partition coefficient (Wildman–Crippen LogP) is 4.45. The van der Waals surface area contributed by atoms with E-state index >= 15 is 0 Å². The molecule has 1 aromatic heterocycles. The highest BCUT2D eigenvalue weighted by Gasteiger charge is 2.25. The molecule has 1 fully saturated rings. The van der Waals surface area contributed by atoms with Crippen LogP contribution in [0.3, 0.4) is 0 Å². The Morgan fingerprint density at radius 1 is 1.25 bits per heavy atom. The number of benzene rings is 1. The molecule has 1 N–H and O–H groups in total. The van der Waals surface area contributed by atoms with E-state index < -0.39 is 0 Å². The monoisotopic (exact) mass is 380 g/mol. The molecule has 5 heteroatoms. The minimum atomic E-state index is -0.00111. The fourth-order valence-electron chi connectivity index (χ4n) is 3.88. The number of aromatic nitrogens is 2. The number of amides is 1. The number of hydrogen-bond donors (Lipinski definition) is 1. The largest absolute Gasteiger partial charge is 0.311 e. The number of piperidine rings is 1. The van der Waals surface area contributed by atoms with Gasteiger partial charge in [-0.25, -0.2) is 4.68 Å². The normalized spacial score (nSPS) is 16.6. The molecule has 5 nitrogen and oxygen atoms in total. The Balaban J connectivity index is 1.53. The van der Waals surface area contributed by atoms with Gasteiger partial charge < -0.3 is 10.2 Å². The Bertz CT molecular complexity index is 775. The molecule has 1 saturated heterocycles. The molecule has 1 aromatic carbocycles. The zero-order valence-electron chi connectivity index (χ0n) is 17.1. The third kappa shape index (κ3) is 5.55. The van der Waals surface area contributed by atoms with Crippen molar-refractivity contribution in [2.45, 2.75) is 58.0 Å². The van der Waals surface area contributed by atoms with E-state index in [1.165, 1.54) is 12.0 Å². The van der Waals surface area contributed by atoms with Gasteiger partial charge in [0.05, 0.1) is 18.7 Å². The van der Waals surface area contributed by atoms with E-state index in [9.17, 15) is 4.79 Å². The number of hydrogen-bond acceptors (Lipinski definition) is 3. The maximum atomic E-state index is 12.4. The zero-order valence-corrected chi connectivity index (χ0v) is 17.1. The van der Waals surface area contributed by atoms with E-state index in [0.29, 0.717) is 18.5 Å². The van der Waals surface area contributed by atoms with Crippen molar-refractivity contribution in [3.8, 4) is 0 Å². The molecule has 0 unspecified atom stereocenters. The van der Waals surface area contributed by atoms with Crippen LogP contribution in [0.1, 0.15) is 51.1 Å². The summed E-state index contributed by atoms with van der Waals surface area (Å²) in [6.45, 7) is 10.6. The number of rotatable bonds is 8. The molecule has 0 spiro atoms. The summed E-state index contributed by atoms with van der Waals surface area (Å²) in [6.07, 6.45) is 6.53. The molecule has 3 rings (SSSR count). The van der Waals surface area contributed by atoms with E-state index in [4.69, 9.17) is 0 Å². The average molecular weight is 381 g/mol. The van der Waals surface area contributed by atoms with Crippen molar-refractivity contribution in [1.29, 1.82) is 0 Å². The van der Waals surface area contributed by atoms with Gasteiger partial charge in [0.25, 0.3) is 0 Å². The van der Waals surface area contributed by atoms with Crippen molar-refractivity contribution < 1.29 is 4.79 Å². The number of nitrogens with zero attached hydrogens (tertiary/aromatic N) is 3. The molecule has 1 amide bonds. The summed E-state index contributed by atoms with van der Waals surface area (Å²) < 4.78 is 2.00. The van der Waals surface area contributed by atoms with Crippen LogP contribution in [0.2, 0.25) is 0 Å². The molecule has 0 aliphatic carbocycles. The van der Waals surface area contributed by atoms with Gasteiger partial charge in [-0.3, -0.25) is 4.79 Å². The first kappa shape index (κ1) is 20.3. The van der Waals surface area contributed by atoms with Crippen LogP contribution in [0.15, 0.2) is 54.7 Å². The fourth-order valence-corrected chi connectivity index (χ4v) is 3.88. The van der Waals surface area contributed by atoms with Crippen LogP contribution < -0.4 is 5.32 Å². The summed E-state index contributed by atoms with van der Waals surface area (Å²) >= 11 is 0. The first-order chi connectivity index (χ1) is 13.5. The van der Waals surface area contributed by atoms with Crippen LogP contribution >= 0.6 is 0 Å². The quantitative estimate of drug-likeness (QED) is 0.689. The predicted molar refractivity (Wildman–Crippen MR) is 114 cm³/mol. The summed E-state index contributed by atoms with van der Waals surface area (Å²) in [5.74, 6) is 0.800. The molecule has 0 saturated carbocycles. The molecule has 1 aliphatic heterocycles. The van der Waals surface area contributed by atoms with Crippen LogP contribution in [0.5, 0.6) is 0 Å². The highest BCUT2D eigenvalue weighted by Crippen LogP contribution is 2.27. The van der Waals surface area contributed by atoms with Gasteiger partial charge in [-0.15, -0.1) is 6.58 Å². The van der Waals surface area contributed by atoms with Gasteiger partial charge in [0.2, 0.25) is 5.91 Å². The van der Waals surface area contributed by atoms with Crippen molar-refractivity contribution >= 4 is 11.7 Å². The second-order valence-electron chi connectivity index (χ2n) is 7.98. The topological polar surface area (TPSA) is 50.2 Å². The molecular formula is C23H32N4O. The number of nitrogens with one attached hydrogen (secondary N) is 1. The summed E-state index contributed by atoms with van der Waals surface area (Å²) in [5.41, 5.74) is 2.28. The Morgan fingerprint density at radius 2 is 1.96 bits per heavy atom. The Labute approximate surface area is 168 Å². The summed E-state index contributed by atoms with van der Waals surface area (Å²) in [7, 11) is 0. The van der Waals surface area contributed by atoms with Crippen LogP contribution in [0.25, 0.3) is 0 Å². The first-order valence-corrected chi connectivity index (χ1v) is 10.3. The third-order valence-electron chi connectivity index (χ3n) is 5.60. The Morgan fingerprint density at radius 3 is 2.64 bits per heavy atom. The minimum Gasteiger partial charge on any atom is -0.311 e. The number of anilines is 1. The van der Waals surface area contributed by atoms with Crippen molar-refractivity contribution in [2.75, 3.05) is 18.4 Å². The van der Waals surface area contributed by atoms with Crippen LogP contribution in [0, 0.1) is 0 Å². The lowest BCUT2D eigenvalue weighted by atomic mass is 10.0. The van der Waals surface area contributed by atoms with E-state index in [1.807, 2.05) is 41.1 Å². The van der Waals surface area contributed by atoms with E-state index in [0.717, 1.165) is 43.7 Å².